The van der Waals surface area contributed by atoms with Gasteiger partial charge in [0.2, 0.25) is 17.7 Å². The van der Waals surface area contributed by atoms with Gasteiger partial charge in [0, 0.05) is 17.6 Å². The number of hydrogen-bond acceptors (Lipinski definition) is 3. The monoisotopic (exact) mass is 361 g/mol. The highest BCUT2D eigenvalue weighted by molar-refractivity contribution is 5.95. The fourth-order valence-electron chi connectivity index (χ4n) is 2.38. The van der Waals surface area contributed by atoms with Gasteiger partial charge in [0.25, 0.3) is 0 Å². The van der Waals surface area contributed by atoms with Gasteiger partial charge in [0.1, 0.15) is 0 Å². The van der Waals surface area contributed by atoms with Gasteiger partial charge < -0.3 is 15.5 Å². The first kappa shape index (κ1) is 21.7. The summed E-state index contributed by atoms with van der Waals surface area (Å²) in [5.41, 5.74) is 1.22. The Kier molecular flexibility index (Phi) is 7.80. The van der Waals surface area contributed by atoms with E-state index in [2.05, 4.69) is 10.6 Å². The molecule has 1 aromatic carbocycles. The van der Waals surface area contributed by atoms with Crippen LogP contribution in [0.2, 0.25) is 0 Å². The van der Waals surface area contributed by atoms with E-state index in [0.717, 1.165) is 5.56 Å². The summed E-state index contributed by atoms with van der Waals surface area (Å²) >= 11 is 0. The number of carbonyl (C=O) groups is 3. The highest BCUT2D eigenvalue weighted by atomic mass is 16.2. The number of aryl methyl sites for hydroxylation is 1. The lowest BCUT2D eigenvalue weighted by Crippen LogP contribution is -2.47. The van der Waals surface area contributed by atoms with Crippen LogP contribution in [0.25, 0.3) is 0 Å². The number of benzene rings is 1. The van der Waals surface area contributed by atoms with Crippen molar-refractivity contribution in [1.29, 1.82) is 0 Å². The fraction of sp³-hybridized carbons (Fsp3) is 0.550. The number of nitrogens with zero attached hydrogens (tertiary/aromatic N) is 1. The summed E-state index contributed by atoms with van der Waals surface area (Å²) in [5.74, 6) is -0.480. The van der Waals surface area contributed by atoms with E-state index in [1.807, 2.05) is 53.7 Å². The Bertz CT molecular complexity index is 631. The summed E-state index contributed by atoms with van der Waals surface area (Å²) in [5, 5.41) is 5.30. The Morgan fingerprint density at radius 3 is 2.12 bits per heavy atom. The highest BCUT2D eigenvalue weighted by Gasteiger charge is 2.28. The molecular formula is C20H31N3O3. The van der Waals surface area contributed by atoms with Crippen molar-refractivity contribution < 1.29 is 14.4 Å². The maximum absolute atomic E-state index is 12.5. The molecule has 0 heterocycles. The number of nitrogens with one attached hydrogen (secondary N) is 2. The molecule has 0 aliphatic rings. The Hall–Kier alpha value is -2.37. The second-order valence-electron chi connectivity index (χ2n) is 8.02. The molecule has 0 saturated carbocycles. The van der Waals surface area contributed by atoms with Gasteiger partial charge in [-0.25, -0.2) is 0 Å². The Morgan fingerprint density at radius 1 is 1.04 bits per heavy atom. The Morgan fingerprint density at radius 2 is 1.62 bits per heavy atom. The minimum absolute atomic E-state index is 0.0495. The summed E-state index contributed by atoms with van der Waals surface area (Å²) in [6.07, 6.45) is 0. The first-order chi connectivity index (χ1) is 12.0. The van der Waals surface area contributed by atoms with Crippen molar-refractivity contribution >= 4 is 23.4 Å². The van der Waals surface area contributed by atoms with E-state index in [4.69, 9.17) is 0 Å². The van der Waals surface area contributed by atoms with Crippen molar-refractivity contribution in [3.63, 3.8) is 0 Å². The lowest BCUT2D eigenvalue weighted by Gasteiger charge is -2.30. The molecule has 0 aliphatic heterocycles. The number of anilines is 1. The molecule has 0 bridgehead atoms. The molecule has 0 spiro atoms. The Labute approximate surface area is 156 Å². The van der Waals surface area contributed by atoms with Gasteiger partial charge in [-0.2, -0.15) is 0 Å². The van der Waals surface area contributed by atoms with Gasteiger partial charge in [0.05, 0.1) is 13.1 Å². The van der Waals surface area contributed by atoms with Crippen LogP contribution in [0.15, 0.2) is 24.3 Å². The van der Waals surface area contributed by atoms with E-state index in [1.165, 1.54) is 0 Å². The molecule has 0 radical (unpaired) electrons. The maximum atomic E-state index is 12.5. The van der Waals surface area contributed by atoms with Gasteiger partial charge in [-0.1, -0.05) is 52.3 Å². The van der Waals surface area contributed by atoms with Crippen LogP contribution in [-0.4, -0.2) is 42.3 Å². The second-order valence-corrected chi connectivity index (χ2v) is 8.02. The summed E-state index contributed by atoms with van der Waals surface area (Å²) in [6, 6.07) is 7.41. The first-order valence-electron chi connectivity index (χ1n) is 8.91. The van der Waals surface area contributed by atoms with E-state index < -0.39 is 5.41 Å². The molecule has 6 heteroatoms. The third kappa shape index (κ3) is 7.68. The summed E-state index contributed by atoms with van der Waals surface area (Å²) < 4.78 is 0. The van der Waals surface area contributed by atoms with E-state index >= 15 is 0 Å². The van der Waals surface area contributed by atoms with Crippen LogP contribution in [0.3, 0.4) is 0 Å². The molecule has 0 atom stereocenters. The van der Waals surface area contributed by atoms with Crippen LogP contribution in [0.5, 0.6) is 0 Å². The largest absolute Gasteiger partial charge is 0.345 e. The van der Waals surface area contributed by atoms with Crippen LogP contribution >= 0.6 is 0 Å². The molecule has 6 nitrogen and oxygen atoms in total. The molecule has 0 saturated heterocycles. The zero-order valence-electron chi connectivity index (χ0n) is 16.7. The fourth-order valence-corrected chi connectivity index (χ4v) is 2.38. The highest BCUT2D eigenvalue weighted by Crippen LogP contribution is 2.18. The first-order valence-corrected chi connectivity index (χ1v) is 8.91. The third-order valence-electron chi connectivity index (χ3n) is 3.63. The predicted molar refractivity (Wildman–Crippen MR) is 104 cm³/mol. The topological polar surface area (TPSA) is 78.5 Å². The molecular weight excluding hydrogens is 330 g/mol. The van der Waals surface area contributed by atoms with Crippen molar-refractivity contribution in [1.82, 2.24) is 10.2 Å². The van der Waals surface area contributed by atoms with Crippen molar-refractivity contribution in [2.24, 2.45) is 11.3 Å². The number of rotatable bonds is 7. The molecule has 0 fully saturated rings. The van der Waals surface area contributed by atoms with E-state index in [-0.39, 0.29) is 36.7 Å². The van der Waals surface area contributed by atoms with Gasteiger partial charge >= 0.3 is 0 Å². The van der Waals surface area contributed by atoms with Crippen LogP contribution in [0.1, 0.15) is 40.2 Å². The van der Waals surface area contributed by atoms with Gasteiger partial charge in [-0.05, 0) is 25.0 Å². The predicted octanol–water partition coefficient (Wildman–Crippen LogP) is 2.58. The smallest absolute Gasteiger partial charge is 0.243 e. The molecule has 0 aliphatic carbocycles. The minimum atomic E-state index is -0.558. The van der Waals surface area contributed by atoms with Crippen LogP contribution < -0.4 is 10.6 Å². The van der Waals surface area contributed by atoms with E-state index in [9.17, 15) is 14.4 Å². The maximum Gasteiger partial charge on any atom is 0.243 e. The molecule has 0 aromatic heterocycles. The molecule has 1 aromatic rings. The molecule has 26 heavy (non-hydrogen) atoms. The molecule has 0 unspecified atom stereocenters. The zero-order valence-corrected chi connectivity index (χ0v) is 16.7. The van der Waals surface area contributed by atoms with Crippen LogP contribution in [0.4, 0.5) is 5.69 Å². The third-order valence-corrected chi connectivity index (χ3v) is 3.63. The van der Waals surface area contributed by atoms with Gasteiger partial charge in [-0.15, -0.1) is 0 Å². The van der Waals surface area contributed by atoms with Gasteiger partial charge in [-0.3, -0.25) is 14.4 Å². The van der Waals surface area contributed by atoms with E-state index in [1.54, 1.807) is 17.0 Å². The molecule has 3 amide bonds. The number of carbonyl (C=O) groups excluding carboxylic acids is 3. The summed E-state index contributed by atoms with van der Waals surface area (Å²) in [4.78, 5) is 38.2. The van der Waals surface area contributed by atoms with Crippen LogP contribution in [-0.2, 0) is 14.4 Å². The number of hydrogen-bond donors (Lipinski definition) is 2. The van der Waals surface area contributed by atoms with Crippen LogP contribution in [0, 0.1) is 18.3 Å². The quantitative estimate of drug-likeness (QED) is 0.783. The van der Waals surface area contributed by atoms with Crippen molar-refractivity contribution in [3.8, 4) is 0 Å². The van der Waals surface area contributed by atoms with Gasteiger partial charge in [0.15, 0.2) is 0 Å². The van der Waals surface area contributed by atoms with Crippen molar-refractivity contribution in [2.75, 3.05) is 25.0 Å². The average Bonchev–Trinajstić information content (AvgIpc) is 2.52. The zero-order chi connectivity index (χ0) is 19.9. The molecule has 1 rings (SSSR count). The molecule has 144 valence electrons. The lowest BCUT2D eigenvalue weighted by molar-refractivity contribution is -0.143. The van der Waals surface area contributed by atoms with Crippen molar-refractivity contribution in [2.45, 2.75) is 41.5 Å². The standard InChI is InChI=1S/C20H31N3O3/c1-14(2)12-23(19(26)20(4,5)6)13-18(25)21-11-17(24)22-16-9-7-15(3)8-10-16/h7-10,14H,11-13H2,1-6H3,(H,21,25)(H,22,24). The lowest BCUT2D eigenvalue weighted by atomic mass is 9.94. The average molecular weight is 361 g/mol. The number of amides is 3. The SMILES string of the molecule is Cc1ccc(NC(=O)CNC(=O)CN(CC(C)C)C(=O)C(C)(C)C)cc1. The summed E-state index contributed by atoms with van der Waals surface area (Å²) in [6.45, 7) is 11.8. The normalized spacial score (nSPS) is 11.2. The Balaban J connectivity index is 2.55. The van der Waals surface area contributed by atoms with E-state index in [0.29, 0.717) is 12.2 Å². The van der Waals surface area contributed by atoms with Crippen molar-refractivity contribution in [3.05, 3.63) is 29.8 Å². The second kappa shape index (κ2) is 9.36. The minimum Gasteiger partial charge on any atom is -0.345 e. The summed E-state index contributed by atoms with van der Waals surface area (Å²) in [7, 11) is 0. The molecule has 2 N–H and O–H groups in total.